The van der Waals surface area contributed by atoms with Crippen LogP contribution in [0.5, 0.6) is 0 Å². The van der Waals surface area contributed by atoms with Crippen LogP contribution >= 0.6 is 0 Å². The van der Waals surface area contributed by atoms with Gasteiger partial charge in [0.2, 0.25) is 5.95 Å². The molecule has 1 fully saturated rings. The van der Waals surface area contributed by atoms with Crippen LogP contribution in [0.25, 0.3) is 22.0 Å². The smallest absolute Gasteiger partial charge is 0.227 e. The van der Waals surface area contributed by atoms with Crippen LogP contribution in [-0.4, -0.2) is 47.6 Å². The molecule has 5 nitrogen and oxygen atoms in total. The molecule has 1 aliphatic heterocycles. The molecule has 4 aromatic rings. The average molecular weight is 428 g/mol. The lowest BCUT2D eigenvalue weighted by Gasteiger charge is -2.35. The number of aromatic nitrogens is 2. The number of fused-ring (bicyclic) bond motifs is 1. The number of benzene rings is 3. The number of hydrogen-bond donors (Lipinski definition) is 1. The Kier molecular flexibility index (Phi) is 5.69. The van der Waals surface area contributed by atoms with Crippen LogP contribution in [0.4, 0.5) is 21.7 Å². The molecule has 1 aliphatic rings. The average Bonchev–Trinajstić information content (AvgIpc) is 2.85. The summed E-state index contributed by atoms with van der Waals surface area (Å²) in [7, 11) is 0. The molecule has 6 heteroatoms. The van der Waals surface area contributed by atoms with E-state index in [0.717, 1.165) is 54.9 Å². The minimum absolute atomic E-state index is 0.261. The molecule has 2 heterocycles. The Morgan fingerprint density at radius 3 is 2.38 bits per heavy atom. The van der Waals surface area contributed by atoms with E-state index in [1.807, 2.05) is 24.3 Å². The SMILES string of the molecule is CCN1CCN(c2ccc(Nc3ncc4cccc(-c5ccccc5F)c4n3)cc2)CC1. The normalized spacial score (nSPS) is 14.6. The lowest BCUT2D eigenvalue weighted by atomic mass is 10.0. The van der Waals surface area contributed by atoms with E-state index < -0.39 is 0 Å². The lowest BCUT2D eigenvalue weighted by molar-refractivity contribution is 0.271. The van der Waals surface area contributed by atoms with E-state index in [4.69, 9.17) is 4.98 Å². The molecule has 1 aromatic heterocycles. The first-order chi connectivity index (χ1) is 15.7. The Bertz CT molecular complexity index is 1220. The van der Waals surface area contributed by atoms with Crippen LogP contribution in [-0.2, 0) is 0 Å². The largest absolute Gasteiger partial charge is 0.369 e. The molecule has 1 saturated heterocycles. The summed E-state index contributed by atoms with van der Waals surface area (Å²) < 4.78 is 14.4. The van der Waals surface area contributed by atoms with E-state index in [-0.39, 0.29) is 5.82 Å². The van der Waals surface area contributed by atoms with Crippen molar-refractivity contribution < 1.29 is 4.39 Å². The molecule has 0 atom stereocenters. The lowest BCUT2D eigenvalue weighted by Crippen LogP contribution is -2.46. The highest BCUT2D eigenvalue weighted by atomic mass is 19.1. The number of halogens is 1. The summed E-state index contributed by atoms with van der Waals surface area (Å²) in [6, 6.07) is 20.9. The minimum Gasteiger partial charge on any atom is -0.369 e. The maximum absolute atomic E-state index is 14.4. The number of hydrogen-bond acceptors (Lipinski definition) is 5. The topological polar surface area (TPSA) is 44.3 Å². The summed E-state index contributed by atoms with van der Waals surface area (Å²) in [5.41, 5.74) is 4.17. The quantitative estimate of drug-likeness (QED) is 0.467. The number of piperazine rings is 1. The van der Waals surface area contributed by atoms with E-state index in [9.17, 15) is 4.39 Å². The van der Waals surface area contributed by atoms with Gasteiger partial charge in [-0.05, 0) is 36.9 Å². The van der Waals surface area contributed by atoms with Crippen molar-refractivity contribution in [3.05, 3.63) is 78.7 Å². The Balaban J connectivity index is 1.38. The molecule has 0 radical (unpaired) electrons. The fraction of sp³-hybridized carbons (Fsp3) is 0.231. The van der Waals surface area contributed by atoms with Crippen LogP contribution in [0.2, 0.25) is 0 Å². The van der Waals surface area contributed by atoms with Crippen LogP contribution in [0.1, 0.15) is 6.92 Å². The number of likely N-dealkylation sites (N-methyl/N-ethyl adjacent to an activating group) is 1. The molecule has 32 heavy (non-hydrogen) atoms. The summed E-state index contributed by atoms with van der Waals surface area (Å²) in [6.07, 6.45) is 1.77. The first-order valence-electron chi connectivity index (χ1n) is 11.1. The molecule has 0 amide bonds. The standard InChI is InChI=1S/C26H26FN5/c1-2-31-14-16-32(17-15-31)21-12-10-20(11-13-21)29-26-28-18-19-6-5-8-23(25(19)30-26)22-7-3-4-9-24(22)27/h3-13,18H,2,14-17H2,1H3,(H,28,29,30). The molecule has 0 aliphatic carbocycles. The second kappa shape index (κ2) is 8.93. The first-order valence-corrected chi connectivity index (χ1v) is 11.1. The van der Waals surface area contributed by atoms with Crippen molar-refractivity contribution >= 4 is 28.2 Å². The number of nitrogens with one attached hydrogen (secondary N) is 1. The van der Waals surface area contributed by atoms with Gasteiger partial charge < -0.3 is 15.1 Å². The van der Waals surface area contributed by atoms with Gasteiger partial charge in [-0.25, -0.2) is 14.4 Å². The zero-order valence-electron chi connectivity index (χ0n) is 18.1. The Morgan fingerprint density at radius 1 is 0.875 bits per heavy atom. The summed E-state index contributed by atoms with van der Waals surface area (Å²) >= 11 is 0. The zero-order chi connectivity index (χ0) is 21.9. The monoisotopic (exact) mass is 427 g/mol. The Labute approximate surface area is 187 Å². The van der Waals surface area contributed by atoms with Gasteiger partial charge in [0.05, 0.1) is 5.52 Å². The van der Waals surface area contributed by atoms with Gasteiger partial charge in [0.15, 0.2) is 0 Å². The van der Waals surface area contributed by atoms with E-state index in [0.29, 0.717) is 11.5 Å². The summed E-state index contributed by atoms with van der Waals surface area (Å²) in [4.78, 5) is 14.1. The van der Waals surface area contributed by atoms with Crippen molar-refractivity contribution in [3.8, 4) is 11.1 Å². The Hall–Kier alpha value is -3.51. The van der Waals surface area contributed by atoms with Crippen molar-refractivity contribution in [2.75, 3.05) is 42.9 Å². The van der Waals surface area contributed by atoms with Crippen molar-refractivity contribution in [2.24, 2.45) is 0 Å². The van der Waals surface area contributed by atoms with Crippen LogP contribution < -0.4 is 10.2 Å². The van der Waals surface area contributed by atoms with E-state index in [1.54, 1.807) is 18.3 Å². The second-order valence-electron chi connectivity index (χ2n) is 8.01. The molecule has 5 rings (SSSR count). The van der Waals surface area contributed by atoms with Gasteiger partial charge in [0.1, 0.15) is 5.82 Å². The fourth-order valence-corrected chi connectivity index (χ4v) is 4.22. The van der Waals surface area contributed by atoms with Gasteiger partial charge in [0.25, 0.3) is 0 Å². The van der Waals surface area contributed by atoms with Crippen LogP contribution in [0.3, 0.4) is 0 Å². The van der Waals surface area contributed by atoms with Gasteiger partial charge >= 0.3 is 0 Å². The maximum atomic E-state index is 14.4. The van der Waals surface area contributed by atoms with Gasteiger partial charge in [-0.2, -0.15) is 0 Å². The first kappa shape index (κ1) is 20.4. The van der Waals surface area contributed by atoms with Crippen molar-refractivity contribution in [1.29, 1.82) is 0 Å². The number of rotatable bonds is 5. The molecule has 3 aromatic carbocycles. The molecule has 0 saturated carbocycles. The summed E-state index contributed by atoms with van der Waals surface area (Å²) in [5, 5.41) is 4.17. The van der Waals surface area contributed by atoms with Crippen LogP contribution in [0, 0.1) is 5.82 Å². The number of para-hydroxylation sites is 1. The minimum atomic E-state index is -0.261. The molecule has 162 valence electrons. The number of anilines is 3. The molecule has 0 spiro atoms. The zero-order valence-corrected chi connectivity index (χ0v) is 18.1. The van der Waals surface area contributed by atoms with Crippen LogP contribution in [0.15, 0.2) is 72.9 Å². The maximum Gasteiger partial charge on any atom is 0.227 e. The summed E-state index contributed by atoms with van der Waals surface area (Å²) in [6.45, 7) is 7.63. The molecule has 0 unspecified atom stereocenters. The third kappa shape index (κ3) is 4.14. The molecular formula is C26H26FN5. The van der Waals surface area contributed by atoms with Gasteiger partial charge in [-0.15, -0.1) is 0 Å². The second-order valence-corrected chi connectivity index (χ2v) is 8.01. The third-order valence-electron chi connectivity index (χ3n) is 6.08. The predicted octanol–water partition coefficient (Wildman–Crippen LogP) is 5.32. The van der Waals surface area contributed by atoms with Gasteiger partial charge in [-0.3, -0.25) is 0 Å². The van der Waals surface area contributed by atoms with Crippen molar-refractivity contribution in [3.63, 3.8) is 0 Å². The van der Waals surface area contributed by atoms with Gasteiger partial charge in [-0.1, -0.05) is 43.3 Å². The van der Waals surface area contributed by atoms with E-state index in [2.05, 4.69) is 51.3 Å². The van der Waals surface area contributed by atoms with E-state index >= 15 is 0 Å². The highest BCUT2D eigenvalue weighted by Gasteiger charge is 2.16. The van der Waals surface area contributed by atoms with Gasteiger partial charge in [0, 0.05) is 60.3 Å². The highest BCUT2D eigenvalue weighted by molar-refractivity contribution is 5.94. The third-order valence-corrected chi connectivity index (χ3v) is 6.08. The predicted molar refractivity (Wildman–Crippen MR) is 129 cm³/mol. The molecule has 1 N–H and O–H groups in total. The Morgan fingerprint density at radius 2 is 1.62 bits per heavy atom. The fourth-order valence-electron chi connectivity index (χ4n) is 4.22. The number of nitrogens with zero attached hydrogens (tertiary/aromatic N) is 4. The van der Waals surface area contributed by atoms with Crippen molar-refractivity contribution in [1.82, 2.24) is 14.9 Å². The molecular weight excluding hydrogens is 401 g/mol. The molecule has 0 bridgehead atoms. The van der Waals surface area contributed by atoms with Crippen molar-refractivity contribution in [2.45, 2.75) is 6.92 Å². The summed E-state index contributed by atoms with van der Waals surface area (Å²) in [5.74, 6) is 0.231. The highest BCUT2D eigenvalue weighted by Crippen LogP contribution is 2.30. The van der Waals surface area contributed by atoms with E-state index in [1.165, 1.54) is 11.8 Å².